The molecule has 0 saturated carbocycles. The molecule has 1 aromatic carbocycles. The molecule has 2 fully saturated rings. The SMILES string of the molecule is O=C(NCCCN1CCCC1)C1CCN(S(=O)(=O)c2ccc(F)cc2Cl)CC1. The van der Waals surface area contributed by atoms with Crippen LogP contribution in [0.15, 0.2) is 23.1 Å². The highest BCUT2D eigenvalue weighted by atomic mass is 35.5. The Labute approximate surface area is 171 Å². The van der Waals surface area contributed by atoms with Crippen molar-refractivity contribution in [1.82, 2.24) is 14.5 Å². The zero-order valence-electron chi connectivity index (χ0n) is 15.9. The summed E-state index contributed by atoms with van der Waals surface area (Å²) in [7, 11) is -3.79. The second kappa shape index (κ2) is 9.52. The first-order chi connectivity index (χ1) is 13.4. The topological polar surface area (TPSA) is 69.7 Å². The minimum Gasteiger partial charge on any atom is -0.356 e. The third-order valence-corrected chi connectivity index (χ3v) is 7.87. The van der Waals surface area contributed by atoms with Crippen LogP contribution in [0, 0.1) is 11.7 Å². The Kier molecular flexibility index (Phi) is 7.31. The van der Waals surface area contributed by atoms with Gasteiger partial charge in [-0.15, -0.1) is 0 Å². The normalized spacial score (nSPS) is 19.8. The highest BCUT2D eigenvalue weighted by Gasteiger charge is 2.33. The standard InChI is InChI=1S/C19H27ClFN3O3S/c20-17-14-16(21)4-5-18(17)28(26,27)24-12-6-15(7-13-24)19(25)22-8-3-11-23-9-1-2-10-23/h4-5,14-15H,1-3,6-13H2,(H,22,25). The van der Waals surface area contributed by atoms with Gasteiger partial charge in [-0.3, -0.25) is 4.79 Å². The van der Waals surface area contributed by atoms with Gasteiger partial charge in [0.25, 0.3) is 0 Å². The first-order valence-electron chi connectivity index (χ1n) is 9.83. The van der Waals surface area contributed by atoms with Crippen molar-refractivity contribution in [3.63, 3.8) is 0 Å². The van der Waals surface area contributed by atoms with Crippen LogP contribution >= 0.6 is 11.6 Å². The van der Waals surface area contributed by atoms with E-state index < -0.39 is 15.8 Å². The molecule has 2 aliphatic heterocycles. The molecule has 9 heteroatoms. The Hall–Kier alpha value is -1.22. The average Bonchev–Trinajstić information content (AvgIpc) is 3.18. The largest absolute Gasteiger partial charge is 0.356 e. The summed E-state index contributed by atoms with van der Waals surface area (Å²) < 4.78 is 40.0. The van der Waals surface area contributed by atoms with E-state index in [0.29, 0.717) is 19.4 Å². The predicted molar refractivity (Wildman–Crippen MR) is 106 cm³/mol. The smallest absolute Gasteiger partial charge is 0.244 e. The van der Waals surface area contributed by atoms with Gasteiger partial charge in [0.1, 0.15) is 10.7 Å². The average molecular weight is 432 g/mol. The molecule has 0 spiro atoms. The molecule has 0 unspecified atom stereocenters. The second-order valence-corrected chi connectivity index (χ2v) is 9.76. The third kappa shape index (κ3) is 5.23. The third-order valence-electron chi connectivity index (χ3n) is 5.49. The van der Waals surface area contributed by atoms with Gasteiger partial charge in [0.05, 0.1) is 5.02 Å². The number of sulfonamides is 1. The maximum absolute atomic E-state index is 13.2. The Bertz CT molecular complexity index is 792. The van der Waals surface area contributed by atoms with Crippen LogP contribution in [-0.4, -0.2) is 62.8 Å². The number of nitrogens with one attached hydrogen (secondary N) is 1. The molecule has 0 aliphatic carbocycles. The number of benzene rings is 1. The highest BCUT2D eigenvalue weighted by Crippen LogP contribution is 2.28. The monoisotopic (exact) mass is 431 g/mol. The van der Waals surface area contributed by atoms with E-state index in [1.165, 1.54) is 23.2 Å². The van der Waals surface area contributed by atoms with Crippen molar-refractivity contribution in [2.45, 2.75) is 37.0 Å². The van der Waals surface area contributed by atoms with Gasteiger partial charge in [-0.25, -0.2) is 12.8 Å². The van der Waals surface area contributed by atoms with Gasteiger partial charge in [0.2, 0.25) is 15.9 Å². The minimum atomic E-state index is -3.79. The van der Waals surface area contributed by atoms with Crippen LogP contribution in [0.3, 0.4) is 0 Å². The maximum atomic E-state index is 13.2. The zero-order chi connectivity index (χ0) is 20.1. The molecular weight excluding hydrogens is 405 g/mol. The highest BCUT2D eigenvalue weighted by molar-refractivity contribution is 7.89. The van der Waals surface area contributed by atoms with Crippen LogP contribution in [-0.2, 0) is 14.8 Å². The van der Waals surface area contributed by atoms with Crippen molar-refractivity contribution in [2.24, 2.45) is 5.92 Å². The van der Waals surface area contributed by atoms with Gasteiger partial charge < -0.3 is 10.2 Å². The molecule has 2 saturated heterocycles. The lowest BCUT2D eigenvalue weighted by molar-refractivity contribution is -0.126. The van der Waals surface area contributed by atoms with Crippen LogP contribution in [0.2, 0.25) is 5.02 Å². The number of carbonyl (C=O) groups excluding carboxylic acids is 1. The van der Waals surface area contributed by atoms with Crippen LogP contribution < -0.4 is 5.32 Å². The van der Waals surface area contributed by atoms with Crippen LogP contribution in [0.4, 0.5) is 4.39 Å². The van der Waals surface area contributed by atoms with Crippen molar-refractivity contribution in [3.05, 3.63) is 29.0 Å². The van der Waals surface area contributed by atoms with E-state index in [1.54, 1.807) is 0 Å². The summed E-state index contributed by atoms with van der Waals surface area (Å²) in [4.78, 5) is 14.7. The van der Waals surface area contributed by atoms with Crippen molar-refractivity contribution in [1.29, 1.82) is 0 Å². The van der Waals surface area contributed by atoms with Gasteiger partial charge in [-0.2, -0.15) is 4.31 Å². The minimum absolute atomic E-state index is 0.00159. The van der Waals surface area contributed by atoms with Crippen LogP contribution in [0.1, 0.15) is 32.1 Å². The van der Waals surface area contributed by atoms with Crippen molar-refractivity contribution in [3.8, 4) is 0 Å². The summed E-state index contributed by atoms with van der Waals surface area (Å²) >= 11 is 5.92. The summed E-state index contributed by atoms with van der Waals surface area (Å²) in [6, 6.07) is 3.27. The Morgan fingerprint density at radius 2 is 1.86 bits per heavy atom. The first kappa shape index (κ1) is 21.5. The number of rotatable bonds is 7. The number of hydrogen-bond acceptors (Lipinski definition) is 4. The predicted octanol–water partition coefficient (Wildman–Crippen LogP) is 2.48. The van der Waals surface area contributed by atoms with E-state index in [1.807, 2.05) is 0 Å². The molecule has 28 heavy (non-hydrogen) atoms. The van der Waals surface area contributed by atoms with Crippen molar-refractivity contribution >= 4 is 27.5 Å². The Morgan fingerprint density at radius 3 is 2.50 bits per heavy atom. The summed E-state index contributed by atoms with van der Waals surface area (Å²) in [5.74, 6) is -0.760. The molecule has 1 N–H and O–H groups in total. The number of halogens is 2. The number of carbonyl (C=O) groups is 1. The Morgan fingerprint density at radius 1 is 1.18 bits per heavy atom. The summed E-state index contributed by atoms with van der Waals surface area (Å²) in [5, 5.41) is 2.85. The van der Waals surface area contributed by atoms with Gasteiger partial charge in [0, 0.05) is 25.6 Å². The molecule has 156 valence electrons. The van der Waals surface area contributed by atoms with Gasteiger partial charge in [-0.1, -0.05) is 11.6 Å². The number of piperidine rings is 1. The molecule has 2 heterocycles. The van der Waals surface area contributed by atoms with Gasteiger partial charge in [-0.05, 0) is 69.9 Å². The maximum Gasteiger partial charge on any atom is 0.244 e. The van der Waals surface area contributed by atoms with Crippen LogP contribution in [0.5, 0.6) is 0 Å². The van der Waals surface area contributed by atoms with E-state index in [9.17, 15) is 17.6 Å². The molecule has 1 amide bonds. The number of hydrogen-bond donors (Lipinski definition) is 1. The molecular formula is C19H27ClFN3O3S. The molecule has 1 aromatic rings. The lowest BCUT2D eigenvalue weighted by Gasteiger charge is -2.30. The van der Waals surface area contributed by atoms with E-state index >= 15 is 0 Å². The van der Waals surface area contributed by atoms with E-state index in [4.69, 9.17) is 11.6 Å². The lowest BCUT2D eigenvalue weighted by Crippen LogP contribution is -2.43. The first-order valence-corrected chi connectivity index (χ1v) is 11.6. The van der Waals surface area contributed by atoms with Crippen molar-refractivity contribution < 1.29 is 17.6 Å². The molecule has 2 aliphatic rings. The van der Waals surface area contributed by atoms with Crippen molar-refractivity contribution in [2.75, 3.05) is 39.3 Å². The second-order valence-electron chi connectivity index (χ2n) is 7.45. The quantitative estimate of drug-likeness (QED) is 0.673. The zero-order valence-corrected chi connectivity index (χ0v) is 17.4. The summed E-state index contributed by atoms with van der Waals surface area (Å²) in [5.41, 5.74) is 0. The van der Waals surface area contributed by atoms with Gasteiger partial charge in [0.15, 0.2) is 0 Å². The molecule has 6 nitrogen and oxygen atoms in total. The fourth-order valence-electron chi connectivity index (χ4n) is 3.85. The number of amides is 1. The molecule has 0 bridgehead atoms. The Balaban J connectivity index is 1.46. The fraction of sp³-hybridized carbons (Fsp3) is 0.632. The fourth-order valence-corrected chi connectivity index (χ4v) is 5.82. The molecule has 0 radical (unpaired) electrons. The van der Waals surface area contributed by atoms with Crippen LogP contribution in [0.25, 0.3) is 0 Å². The van der Waals surface area contributed by atoms with E-state index in [2.05, 4.69) is 10.2 Å². The lowest BCUT2D eigenvalue weighted by atomic mass is 9.97. The van der Waals surface area contributed by atoms with E-state index in [-0.39, 0.29) is 34.8 Å². The van der Waals surface area contributed by atoms with Gasteiger partial charge >= 0.3 is 0 Å². The molecule has 3 rings (SSSR count). The number of likely N-dealkylation sites (tertiary alicyclic amines) is 1. The van der Waals surface area contributed by atoms with E-state index in [0.717, 1.165) is 38.2 Å². The molecule has 0 atom stereocenters. The summed E-state index contributed by atoms with van der Waals surface area (Å²) in [6.07, 6.45) is 4.39. The molecule has 0 aromatic heterocycles. The number of nitrogens with zero attached hydrogens (tertiary/aromatic N) is 2. The summed E-state index contributed by atoms with van der Waals surface area (Å²) in [6.45, 7) is 4.47.